The zero-order valence-corrected chi connectivity index (χ0v) is 16.0. The first-order chi connectivity index (χ1) is 14.1. The number of aryl methyl sites for hydroxylation is 1. The molecule has 150 valence electrons. The van der Waals surface area contributed by atoms with E-state index in [1.165, 1.54) is 0 Å². The number of nitrogens with one attached hydrogen (secondary N) is 2. The Kier molecular flexibility index (Phi) is 5.39. The Morgan fingerprint density at radius 3 is 2.90 bits per heavy atom. The lowest BCUT2D eigenvalue weighted by atomic mass is 10.1. The topological polar surface area (TPSA) is 105 Å². The summed E-state index contributed by atoms with van der Waals surface area (Å²) in [6.07, 6.45) is 3.56. The van der Waals surface area contributed by atoms with E-state index in [0.29, 0.717) is 25.4 Å². The predicted molar refractivity (Wildman–Crippen MR) is 105 cm³/mol. The molecule has 0 spiro atoms. The molecule has 2 N–H and O–H groups in total. The molecule has 1 fully saturated rings. The van der Waals surface area contributed by atoms with Crippen LogP contribution in [-0.4, -0.2) is 57.6 Å². The van der Waals surface area contributed by atoms with Crippen molar-refractivity contribution in [2.24, 2.45) is 7.05 Å². The van der Waals surface area contributed by atoms with Gasteiger partial charge in [0.05, 0.1) is 6.54 Å². The standard InChI is InChI=1S/C20H22N6O3/c1-25-9-8-22-19(25)16-12-21-7-10-26(16)18(27)13-23-20(28)15-11-17(29-24-15)14-5-3-2-4-6-14/h2-6,8-9,11,16,21H,7,10,12-13H2,1H3,(H,23,28). The smallest absolute Gasteiger partial charge is 0.273 e. The summed E-state index contributed by atoms with van der Waals surface area (Å²) in [7, 11) is 1.90. The molecule has 1 aliphatic heterocycles. The van der Waals surface area contributed by atoms with Gasteiger partial charge in [-0.1, -0.05) is 35.5 Å². The van der Waals surface area contributed by atoms with E-state index in [-0.39, 0.29) is 24.2 Å². The Bertz CT molecular complexity index is 997. The van der Waals surface area contributed by atoms with Crippen LogP contribution in [0.4, 0.5) is 0 Å². The molecule has 1 saturated heterocycles. The van der Waals surface area contributed by atoms with Crippen LogP contribution in [0.3, 0.4) is 0 Å². The Morgan fingerprint density at radius 2 is 2.14 bits per heavy atom. The lowest BCUT2D eigenvalue weighted by molar-refractivity contribution is -0.133. The first-order valence-corrected chi connectivity index (χ1v) is 9.41. The summed E-state index contributed by atoms with van der Waals surface area (Å²) in [4.78, 5) is 31.3. The summed E-state index contributed by atoms with van der Waals surface area (Å²) in [6, 6.07) is 10.8. The molecule has 1 atom stereocenters. The van der Waals surface area contributed by atoms with Gasteiger partial charge in [-0.3, -0.25) is 9.59 Å². The van der Waals surface area contributed by atoms with Crippen LogP contribution in [0.5, 0.6) is 0 Å². The van der Waals surface area contributed by atoms with Crippen molar-refractivity contribution < 1.29 is 14.1 Å². The maximum absolute atomic E-state index is 12.8. The fourth-order valence-electron chi connectivity index (χ4n) is 3.40. The third-order valence-electron chi connectivity index (χ3n) is 4.92. The van der Waals surface area contributed by atoms with E-state index in [1.54, 1.807) is 17.2 Å². The number of carbonyl (C=O) groups excluding carboxylic acids is 2. The van der Waals surface area contributed by atoms with Crippen LogP contribution in [0.15, 0.2) is 53.3 Å². The minimum absolute atomic E-state index is 0.118. The summed E-state index contributed by atoms with van der Waals surface area (Å²) < 4.78 is 7.15. The number of benzene rings is 1. The van der Waals surface area contributed by atoms with Crippen molar-refractivity contribution in [2.75, 3.05) is 26.2 Å². The van der Waals surface area contributed by atoms with Gasteiger partial charge in [0.25, 0.3) is 5.91 Å². The second kappa shape index (κ2) is 8.27. The molecule has 9 nitrogen and oxygen atoms in total. The van der Waals surface area contributed by atoms with Gasteiger partial charge in [-0.05, 0) is 0 Å². The SMILES string of the molecule is Cn1ccnc1C1CNCCN1C(=O)CNC(=O)c1cc(-c2ccccc2)on1. The number of rotatable bonds is 5. The van der Waals surface area contributed by atoms with E-state index in [2.05, 4.69) is 20.8 Å². The van der Waals surface area contributed by atoms with E-state index in [1.807, 2.05) is 48.1 Å². The van der Waals surface area contributed by atoms with Crippen LogP contribution in [0, 0.1) is 0 Å². The summed E-state index contributed by atoms with van der Waals surface area (Å²) in [5.74, 6) is 0.687. The minimum atomic E-state index is -0.451. The summed E-state index contributed by atoms with van der Waals surface area (Å²) in [5, 5.41) is 9.74. The molecule has 2 amide bonds. The zero-order chi connectivity index (χ0) is 20.2. The number of amides is 2. The van der Waals surface area contributed by atoms with Crippen molar-refractivity contribution in [1.29, 1.82) is 0 Å². The molecule has 0 radical (unpaired) electrons. The van der Waals surface area contributed by atoms with Crippen LogP contribution < -0.4 is 10.6 Å². The van der Waals surface area contributed by atoms with E-state index in [9.17, 15) is 9.59 Å². The molecular weight excluding hydrogens is 372 g/mol. The molecule has 1 aromatic carbocycles. The zero-order valence-electron chi connectivity index (χ0n) is 16.0. The summed E-state index contributed by atoms with van der Waals surface area (Å²) in [6.45, 7) is 1.75. The molecule has 0 saturated carbocycles. The highest BCUT2D eigenvalue weighted by Gasteiger charge is 2.30. The maximum Gasteiger partial charge on any atom is 0.273 e. The quantitative estimate of drug-likeness (QED) is 0.668. The van der Waals surface area contributed by atoms with Crippen LogP contribution in [0.25, 0.3) is 11.3 Å². The van der Waals surface area contributed by atoms with E-state index >= 15 is 0 Å². The molecule has 0 aliphatic carbocycles. The largest absolute Gasteiger partial charge is 0.355 e. The van der Waals surface area contributed by atoms with Gasteiger partial charge in [-0.2, -0.15) is 0 Å². The normalized spacial score (nSPS) is 16.6. The number of carbonyl (C=O) groups is 2. The van der Waals surface area contributed by atoms with Crippen molar-refractivity contribution in [3.05, 3.63) is 60.3 Å². The first-order valence-electron chi connectivity index (χ1n) is 9.41. The van der Waals surface area contributed by atoms with Crippen molar-refractivity contribution >= 4 is 11.8 Å². The van der Waals surface area contributed by atoms with Gasteiger partial charge >= 0.3 is 0 Å². The van der Waals surface area contributed by atoms with Gasteiger partial charge in [0.15, 0.2) is 11.5 Å². The van der Waals surface area contributed by atoms with Crippen molar-refractivity contribution in [3.8, 4) is 11.3 Å². The molecular formula is C20H22N6O3. The number of hydrogen-bond acceptors (Lipinski definition) is 6. The molecule has 0 bridgehead atoms. The Labute approximate surface area is 167 Å². The van der Waals surface area contributed by atoms with E-state index in [4.69, 9.17) is 4.52 Å². The molecule has 1 unspecified atom stereocenters. The highest BCUT2D eigenvalue weighted by molar-refractivity contribution is 5.95. The Balaban J connectivity index is 1.39. The highest BCUT2D eigenvalue weighted by atomic mass is 16.5. The summed E-state index contributed by atoms with van der Waals surface area (Å²) in [5.41, 5.74) is 0.964. The second-order valence-electron chi connectivity index (χ2n) is 6.83. The lowest BCUT2D eigenvalue weighted by Crippen LogP contribution is -2.52. The third kappa shape index (κ3) is 4.04. The molecule has 9 heteroatoms. The lowest BCUT2D eigenvalue weighted by Gasteiger charge is -2.35. The van der Waals surface area contributed by atoms with Crippen molar-refractivity contribution in [2.45, 2.75) is 6.04 Å². The van der Waals surface area contributed by atoms with Crippen molar-refractivity contribution in [3.63, 3.8) is 0 Å². The number of imidazole rings is 1. The molecule has 29 heavy (non-hydrogen) atoms. The molecule has 3 heterocycles. The van der Waals surface area contributed by atoms with Crippen LogP contribution in [0.1, 0.15) is 22.4 Å². The molecule has 3 aromatic rings. The monoisotopic (exact) mass is 394 g/mol. The summed E-state index contributed by atoms with van der Waals surface area (Å²) >= 11 is 0. The average Bonchev–Trinajstić information content (AvgIpc) is 3.42. The number of piperazine rings is 1. The minimum Gasteiger partial charge on any atom is -0.355 e. The van der Waals surface area contributed by atoms with E-state index < -0.39 is 5.91 Å². The van der Waals surface area contributed by atoms with Gasteiger partial charge in [0.2, 0.25) is 5.91 Å². The van der Waals surface area contributed by atoms with Gasteiger partial charge in [-0.15, -0.1) is 0 Å². The van der Waals surface area contributed by atoms with Gasteiger partial charge in [0, 0.05) is 50.7 Å². The highest BCUT2D eigenvalue weighted by Crippen LogP contribution is 2.21. The van der Waals surface area contributed by atoms with Crippen LogP contribution >= 0.6 is 0 Å². The maximum atomic E-state index is 12.8. The molecule has 2 aromatic heterocycles. The Hall–Kier alpha value is -3.46. The van der Waals surface area contributed by atoms with Gasteiger partial charge in [-0.25, -0.2) is 4.98 Å². The van der Waals surface area contributed by atoms with E-state index in [0.717, 1.165) is 11.4 Å². The number of nitrogens with zero attached hydrogens (tertiary/aromatic N) is 4. The van der Waals surface area contributed by atoms with Gasteiger partial charge < -0.3 is 24.6 Å². The number of hydrogen-bond donors (Lipinski definition) is 2. The number of aromatic nitrogens is 3. The predicted octanol–water partition coefficient (Wildman–Crippen LogP) is 0.978. The van der Waals surface area contributed by atoms with Crippen LogP contribution in [-0.2, 0) is 11.8 Å². The molecule has 1 aliphatic rings. The fourth-order valence-corrected chi connectivity index (χ4v) is 3.40. The van der Waals surface area contributed by atoms with Gasteiger partial charge in [0.1, 0.15) is 11.9 Å². The Morgan fingerprint density at radius 1 is 1.31 bits per heavy atom. The third-order valence-corrected chi connectivity index (χ3v) is 4.92. The van der Waals surface area contributed by atoms with Crippen LogP contribution in [0.2, 0.25) is 0 Å². The van der Waals surface area contributed by atoms with Crippen molar-refractivity contribution in [1.82, 2.24) is 30.2 Å². The molecule has 4 rings (SSSR count). The fraction of sp³-hybridized carbons (Fsp3) is 0.300. The second-order valence-corrected chi connectivity index (χ2v) is 6.83. The average molecular weight is 394 g/mol. The first kappa shape index (κ1) is 18.9.